The van der Waals surface area contributed by atoms with Crippen molar-refractivity contribution in [1.29, 1.82) is 0 Å². The van der Waals surface area contributed by atoms with Crippen molar-refractivity contribution in [2.24, 2.45) is 11.8 Å². The minimum absolute atomic E-state index is 0.174. The first-order valence-electron chi connectivity index (χ1n) is 7.92. The van der Waals surface area contributed by atoms with Crippen LogP contribution in [0.5, 0.6) is 0 Å². The SMILES string of the molecule is Cc1cc(C(=O)OCC(=O)N[C@H]2CCC[C@@H](C)[C@H]2C)c(C)o1. The zero-order valence-electron chi connectivity index (χ0n) is 13.8. The number of carbonyl (C=O) groups is 2. The molecule has 1 aliphatic rings. The third kappa shape index (κ3) is 3.90. The first kappa shape index (κ1) is 16.6. The lowest BCUT2D eigenvalue weighted by Crippen LogP contribution is -2.45. The highest BCUT2D eigenvalue weighted by Crippen LogP contribution is 2.29. The van der Waals surface area contributed by atoms with Crippen molar-refractivity contribution in [1.82, 2.24) is 5.32 Å². The molecule has 0 spiro atoms. The van der Waals surface area contributed by atoms with Gasteiger partial charge in [-0.2, -0.15) is 0 Å². The molecule has 5 heteroatoms. The molecule has 0 bridgehead atoms. The van der Waals surface area contributed by atoms with Crippen LogP contribution in [0.15, 0.2) is 10.5 Å². The van der Waals surface area contributed by atoms with Crippen molar-refractivity contribution in [2.45, 2.75) is 53.0 Å². The third-order valence-electron chi connectivity index (χ3n) is 4.65. The Morgan fingerprint density at radius 1 is 1.32 bits per heavy atom. The van der Waals surface area contributed by atoms with Crippen LogP contribution in [0.1, 0.15) is 55.0 Å². The number of nitrogens with one attached hydrogen (secondary N) is 1. The quantitative estimate of drug-likeness (QED) is 0.868. The highest BCUT2D eigenvalue weighted by Gasteiger charge is 2.28. The van der Waals surface area contributed by atoms with E-state index in [0.29, 0.717) is 28.9 Å². The van der Waals surface area contributed by atoms with Crippen LogP contribution in [-0.2, 0) is 9.53 Å². The molecule has 1 amide bonds. The third-order valence-corrected chi connectivity index (χ3v) is 4.65. The van der Waals surface area contributed by atoms with Gasteiger partial charge in [-0.1, -0.05) is 26.7 Å². The Balaban J connectivity index is 1.82. The molecular formula is C17H25NO4. The molecule has 0 aliphatic heterocycles. The Morgan fingerprint density at radius 3 is 2.68 bits per heavy atom. The average Bonchev–Trinajstić information content (AvgIpc) is 2.80. The summed E-state index contributed by atoms with van der Waals surface area (Å²) < 4.78 is 10.4. The van der Waals surface area contributed by atoms with Gasteiger partial charge >= 0.3 is 5.97 Å². The fraction of sp³-hybridized carbons (Fsp3) is 0.647. The first-order valence-corrected chi connectivity index (χ1v) is 7.92. The molecule has 1 N–H and O–H groups in total. The van der Waals surface area contributed by atoms with Gasteiger partial charge in [0.25, 0.3) is 5.91 Å². The van der Waals surface area contributed by atoms with Crippen LogP contribution in [0.3, 0.4) is 0 Å². The summed E-state index contributed by atoms with van der Waals surface area (Å²) in [6.45, 7) is 7.60. The van der Waals surface area contributed by atoms with Gasteiger partial charge in [0, 0.05) is 6.04 Å². The Hall–Kier alpha value is -1.78. The van der Waals surface area contributed by atoms with Gasteiger partial charge in [-0.15, -0.1) is 0 Å². The lowest BCUT2D eigenvalue weighted by Gasteiger charge is -2.34. The number of esters is 1. The number of ether oxygens (including phenoxy) is 1. The van der Waals surface area contributed by atoms with E-state index in [1.165, 1.54) is 6.42 Å². The predicted octanol–water partition coefficient (Wildman–Crippen LogP) is 2.99. The van der Waals surface area contributed by atoms with E-state index in [9.17, 15) is 9.59 Å². The van der Waals surface area contributed by atoms with Crippen LogP contribution in [0, 0.1) is 25.7 Å². The Morgan fingerprint density at radius 2 is 2.05 bits per heavy atom. The maximum Gasteiger partial charge on any atom is 0.342 e. The van der Waals surface area contributed by atoms with Crippen LogP contribution in [0.25, 0.3) is 0 Å². The van der Waals surface area contributed by atoms with Gasteiger partial charge in [-0.25, -0.2) is 4.79 Å². The number of amides is 1. The molecule has 0 aromatic carbocycles. The fourth-order valence-corrected chi connectivity index (χ4v) is 3.08. The van der Waals surface area contributed by atoms with Gasteiger partial charge in [0.1, 0.15) is 17.1 Å². The van der Waals surface area contributed by atoms with E-state index < -0.39 is 5.97 Å². The summed E-state index contributed by atoms with van der Waals surface area (Å²) in [5, 5.41) is 2.99. The normalized spacial score (nSPS) is 24.8. The summed E-state index contributed by atoms with van der Waals surface area (Å²) >= 11 is 0. The van der Waals surface area contributed by atoms with Gasteiger partial charge in [0.05, 0.1) is 0 Å². The van der Waals surface area contributed by atoms with E-state index >= 15 is 0 Å². The van der Waals surface area contributed by atoms with Crippen molar-refractivity contribution in [3.63, 3.8) is 0 Å². The number of furan rings is 1. The average molecular weight is 307 g/mol. The van der Waals surface area contributed by atoms with Crippen LogP contribution >= 0.6 is 0 Å². The zero-order valence-corrected chi connectivity index (χ0v) is 13.8. The molecule has 122 valence electrons. The number of aryl methyl sites for hydroxylation is 2. The molecule has 3 atom stereocenters. The van der Waals surface area contributed by atoms with E-state index in [2.05, 4.69) is 19.2 Å². The maximum atomic E-state index is 12.0. The van der Waals surface area contributed by atoms with Crippen molar-refractivity contribution in [3.05, 3.63) is 23.2 Å². The molecule has 1 aromatic rings. The predicted molar refractivity (Wildman–Crippen MR) is 82.6 cm³/mol. The van der Waals surface area contributed by atoms with Gasteiger partial charge in [0.15, 0.2) is 6.61 Å². The molecule has 1 heterocycles. The van der Waals surface area contributed by atoms with Crippen molar-refractivity contribution < 1.29 is 18.7 Å². The molecule has 1 saturated carbocycles. The lowest BCUT2D eigenvalue weighted by atomic mass is 9.78. The van der Waals surface area contributed by atoms with Gasteiger partial charge in [-0.05, 0) is 38.2 Å². The van der Waals surface area contributed by atoms with E-state index in [1.54, 1.807) is 19.9 Å². The lowest BCUT2D eigenvalue weighted by molar-refractivity contribution is -0.125. The molecular weight excluding hydrogens is 282 g/mol. The standard InChI is InChI=1S/C17H25NO4/c1-10-6-5-7-15(12(10)3)18-16(19)9-21-17(20)14-8-11(2)22-13(14)4/h8,10,12,15H,5-7,9H2,1-4H3,(H,18,19)/t10-,12-,15+/m1/s1. The summed E-state index contributed by atoms with van der Waals surface area (Å²) in [5.41, 5.74) is 0.380. The zero-order chi connectivity index (χ0) is 16.3. The van der Waals surface area contributed by atoms with Crippen molar-refractivity contribution >= 4 is 11.9 Å². The molecule has 0 saturated heterocycles. The Bertz CT molecular complexity index is 549. The topological polar surface area (TPSA) is 68.5 Å². The number of hydrogen-bond donors (Lipinski definition) is 1. The molecule has 22 heavy (non-hydrogen) atoms. The van der Waals surface area contributed by atoms with Crippen LogP contribution < -0.4 is 5.32 Å². The smallest absolute Gasteiger partial charge is 0.342 e. The summed E-state index contributed by atoms with van der Waals surface area (Å²) in [5.74, 6) is 1.47. The second kappa shape index (κ2) is 6.99. The number of hydrogen-bond acceptors (Lipinski definition) is 4. The summed E-state index contributed by atoms with van der Waals surface area (Å²) in [7, 11) is 0. The minimum atomic E-state index is -0.519. The summed E-state index contributed by atoms with van der Waals surface area (Å²) in [6, 6.07) is 1.80. The monoisotopic (exact) mass is 307 g/mol. The van der Waals surface area contributed by atoms with Gasteiger partial charge in [0.2, 0.25) is 0 Å². The summed E-state index contributed by atoms with van der Waals surface area (Å²) in [4.78, 5) is 23.9. The fourth-order valence-electron chi connectivity index (χ4n) is 3.08. The first-order chi connectivity index (χ1) is 10.4. The highest BCUT2D eigenvalue weighted by molar-refractivity contribution is 5.92. The van der Waals surface area contributed by atoms with E-state index in [1.807, 2.05) is 0 Å². The van der Waals surface area contributed by atoms with Crippen molar-refractivity contribution in [2.75, 3.05) is 6.61 Å². The second-order valence-corrected chi connectivity index (χ2v) is 6.34. The van der Waals surface area contributed by atoms with E-state index in [0.717, 1.165) is 12.8 Å². The van der Waals surface area contributed by atoms with E-state index in [-0.39, 0.29) is 18.6 Å². The molecule has 1 aromatic heterocycles. The second-order valence-electron chi connectivity index (χ2n) is 6.34. The molecule has 0 radical (unpaired) electrons. The van der Waals surface area contributed by atoms with Crippen LogP contribution in [0.2, 0.25) is 0 Å². The Kier molecular flexibility index (Phi) is 5.27. The summed E-state index contributed by atoms with van der Waals surface area (Å²) in [6.07, 6.45) is 3.33. The van der Waals surface area contributed by atoms with Gasteiger partial charge in [-0.3, -0.25) is 4.79 Å². The van der Waals surface area contributed by atoms with Crippen LogP contribution in [-0.4, -0.2) is 24.5 Å². The number of carbonyl (C=O) groups excluding carboxylic acids is 2. The van der Waals surface area contributed by atoms with Gasteiger partial charge < -0.3 is 14.5 Å². The molecule has 1 aliphatic carbocycles. The molecule has 2 rings (SSSR count). The minimum Gasteiger partial charge on any atom is -0.466 e. The Labute approximate surface area is 131 Å². The maximum absolute atomic E-state index is 12.0. The van der Waals surface area contributed by atoms with Crippen molar-refractivity contribution in [3.8, 4) is 0 Å². The number of rotatable bonds is 4. The molecule has 1 fully saturated rings. The van der Waals surface area contributed by atoms with E-state index in [4.69, 9.17) is 9.15 Å². The molecule has 0 unspecified atom stereocenters. The largest absolute Gasteiger partial charge is 0.466 e. The molecule has 5 nitrogen and oxygen atoms in total. The highest BCUT2D eigenvalue weighted by atomic mass is 16.5. The van der Waals surface area contributed by atoms with Crippen LogP contribution in [0.4, 0.5) is 0 Å².